The summed E-state index contributed by atoms with van der Waals surface area (Å²) in [6.45, 7) is 2.64. The first-order chi connectivity index (χ1) is 7.69. The van der Waals surface area contributed by atoms with E-state index in [0.717, 1.165) is 12.1 Å². The second kappa shape index (κ2) is 6.28. The zero-order valence-electron chi connectivity index (χ0n) is 10.0. The second-order valence-electron chi connectivity index (χ2n) is 4.00. The van der Waals surface area contributed by atoms with Gasteiger partial charge >= 0.3 is 0 Å². The number of carbonyl (C=O) groups excluding carboxylic acids is 1. The van der Waals surface area contributed by atoms with Crippen LogP contribution in [0.3, 0.4) is 0 Å². The zero-order chi connectivity index (χ0) is 12.0. The minimum absolute atomic E-state index is 0.128. The number of amides is 1. The van der Waals surface area contributed by atoms with Gasteiger partial charge in [0.25, 0.3) is 0 Å². The van der Waals surface area contributed by atoms with Crippen LogP contribution in [-0.2, 0) is 4.79 Å². The molecule has 0 spiro atoms. The summed E-state index contributed by atoms with van der Waals surface area (Å²) in [5.41, 5.74) is 6.53. The van der Waals surface area contributed by atoms with Crippen LogP contribution in [0.25, 0.3) is 0 Å². The van der Waals surface area contributed by atoms with E-state index in [9.17, 15) is 4.79 Å². The smallest absolute Gasteiger partial charge is 0.227 e. The highest BCUT2D eigenvalue weighted by Crippen LogP contribution is 2.15. The van der Waals surface area contributed by atoms with Crippen molar-refractivity contribution < 1.29 is 4.79 Å². The Morgan fingerprint density at radius 1 is 1.38 bits per heavy atom. The van der Waals surface area contributed by atoms with Crippen LogP contribution in [0.15, 0.2) is 30.3 Å². The SMILES string of the molecule is CCC(CN)CC(=O)N(C)c1ccccc1. The average Bonchev–Trinajstić information content (AvgIpc) is 2.35. The highest BCUT2D eigenvalue weighted by molar-refractivity contribution is 5.92. The molecule has 16 heavy (non-hydrogen) atoms. The zero-order valence-corrected chi connectivity index (χ0v) is 10.0. The third-order valence-corrected chi connectivity index (χ3v) is 2.89. The van der Waals surface area contributed by atoms with Crippen LogP contribution in [-0.4, -0.2) is 19.5 Å². The average molecular weight is 220 g/mol. The second-order valence-corrected chi connectivity index (χ2v) is 4.00. The van der Waals surface area contributed by atoms with E-state index in [-0.39, 0.29) is 5.91 Å². The van der Waals surface area contributed by atoms with E-state index in [1.54, 1.807) is 11.9 Å². The van der Waals surface area contributed by atoms with Crippen molar-refractivity contribution in [1.82, 2.24) is 0 Å². The first kappa shape index (κ1) is 12.7. The number of carbonyl (C=O) groups is 1. The molecule has 1 aromatic carbocycles. The standard InChI is InChI=1S/C13H20N2O/c1-3-11(10-14)9-13(16)15(2)12-7-5-4-6-8-12/h4-8,11H,3,9-10,14H2,1-2H3. The first-order valence-corrected chi connectivity index (χ1v) is 5.70. The van der Waals surface area contributed by atoms with Crippen LogP contribution < -0.4 is 10.6 Å². The Labute approximate surface area is 97.2 Å². The van der Waals surface area contributed by atoms with Gasteiger partial charge in [0.1, 0.15) is 0 Å². The van der Waals surface area contributed by atoms with Crippen LogP contribution in [0.4, 0.5) is 5.69 Å². The molecule has 3 heteroatoms. The molecule has 1 unspecified atom stereocenters. The molecule has 2 N–H and O–H groups in total. The highest BCUT2D eigenvalue weighted by atomic mass is 16.2. The van der Waals surface area contributed by atoms with E-state index >= 15 is 0 Å². The molecule has 0 heterocycles. The van der Waals surface area contributed by atoms with E-state index in [4.69, 9.17) is 5.73 Å². The fraction of sp³-hybridized carbons (Fsp3) is 0.462. The van der Waals surface area contributed by atoms with Gasteiger partial charge in [-0.25, -0.2) is 0 Å². The maximum absolute atomic E-state index is 11.9. The number of hydrogen-bond acceptors (Lipinski definition) is 2. The van der Waals surface area contributed by atoms with Crippen LogP contribution in [0.5, 0.6) is 0 Å². The summed E-state index contributed by atoms with van der Waals surface area (Å²) in [7, 11) is 1.81. The number of para-hydroxylation sites is 1. The number of anilines is 1. The molecule has 1 atom stereocenters. The third kappa shape index (κ3) is 3.35. The third-order valence-electron chi connectivity index (χ3n) is 2.89. The predicted molar refractivity (Wildman–Crippen MR) is 67.3 cm³/mol. The lowest BCUT2D eigenvalue weighted by Crippen LogP contribution is -2.30. The van der Waals surface area contributed by atoms with Gasteiger partial charge < -0.3 is 10.6 Å². The fourth-order valence-corrected chi connectivity index (χ4v) is 1.57. The Balaban J connectivity index is 2.61. The van der Waals surface area contributed by atoms with Gasteiger partial charge in [-0.2, -0.15) is 0 Å². The molecule has 0 aliphatic rings. The van der Waals surface area contributed by atoms with Crippen molar-refractivity contribution >= 4 is 11.6 Å². The number of nitrogens with two attached hydrogens (primary N) is 1. The van der Waals surface area contributed by atoms with Crippen LogP contribution >= 0.6 is 0 Å². The topological polar surface area (TPSA) is 46.3 Å². The Bertz CT molecular complexity index is 320. The van der Waals surface area contributed by atoms with Crippen LogP contribution in [0.2, 0.25) is 0 Å². The molecule has 0 aliphatic heterocycles. The molecule has 1 amide bonds. The lowest BCUT2D eigenvalue weighted by atomic mass is 10.0. The molecule has 0 aromatic heterocycles. The van der Waals surface area contributed by atoms with Gasteiger partial charge in [0, 0.05) is 19.2 Å². The Hall–Kier alpha value is -1.35. The molecule has 88 valence electrons. The summed E-state index contributed by atoms with van der Waals surface area (Å²) < 4.78 is 0. The van der Waals surface area contributed by atoms with Gasteiger partial charge in [-0.15, -0.1) is 0 Å². The van der Waals surface area contributed by atoms with E-state index < -0.39 is 0 Å². The Kier molecular flexibility index (Phi) is 4.99. The number of rotatable bonds is 5. The van der Waals surface area contributed by atoms with Crippen LogP contribution in [0.1, 0.15) is 19.8 Å². The normalized spacial score (nSPS) is 12.2. The predicted octanol–water partition coefficient (Wildman–Crippen LogP) is 2.02. The lowest BCUT2D eigenvalue weighted by Gasteiger charge is -2.20. The van der Waals surface area contributed by atoms with Gasteiger partial charge in [0.2, 0.25) is 5.91 Å². The molecular formula is C13H20N2O. The molecule has 1 rings (SSSR count). The van der Waals surface area contributed by atoms with Gasteiger partial charge in [-0.05, 0) is 24.6 Å². The minimum Gasteiger partial charge on any atom is -0.330 e. The molecule has 1 aromatic rings. The van der Waals surface area contributed by atoms with Crippen molar-refractivity contribution in [3.63, 3.8) is 0 Å². The lowest BCUT2D eigenvalue weighted by molar-refractivity contribution is -0.119. The maximum atomic E-state index is 11.9. The quantitative estimate of drug-likeness (QED) is 0.825. The summed E-state index contributed by atoms with van der Waals surface area (Å²) in [6.07, 6.45) is 1.48. The molecule has 0 aliphatic carbocycles. The molecule has 0 fully saturated rings. The summed E-state index contributed by atoms with van der Waals surface area (Å²) in [5, 5.41) is 0. The largest absolute Gasteiger partial charge is 0.330 e. The summed E-state index contributed by atoms with van der Waals surface area (Å²) >= 11 is 0. The highest BCUT2D eigenvalue weighted by Gasteiger charge is 2.15. The van der Waals surface area contributed by atoms with Crippen molar-refractivity contribution in [3.8, 4) is 0 Å². The van der Waals surface area contributed by atoms with Crippen molar-refractivity contribution in [2.24, 2.45) is 11.7 Å². The van der Waals surface area contributed by atoms with E-state index in [0.29, 0.717) is 18.9 Å². The van der Waals surface area contributed by atoms with Crippen molar-refractivity contribution in [2.75, 3.05) is 18.5 Å². The van der Waals surface area contributed by atoms with Gasteiger partial charge in [0.15, 0.2) is 0 Å². The molecule has 3 nitrogen and oxygen atoms in total. The molecule has 0 radical (unpaired) electrons. The Morgan fingerprint density at radius 2 is 2.00 bits per heavy atom. The summed E-state index contributed by atoms with van der Waals surface area (Å²) in [4.78, 5) is 13.6. The van der Waals surface area contributed by atoms with Gasteiger partial charge in [-0.3, -0.25) is 4.79 Å². The van der Waals surface area contributed by atoms with E-state index in [2.05, 4.69) is 6.92 Å². The van der Waals surface area contributed by atoms with Crippen molar-refractivity contribution in [3.05, 3.63) is 30.3 Å². The van der Waals surface area contributed by atoms with E-state index in [1.165, 1.54) is 0 Å². The van der Waals surface area contributed by atoms with Crippen molar-refractivity contribution in [2.45, 2.75) is 19.8 Å². The summed E-state index contributed by atoms with van der Waals surface area (Å²) in [6, 6.07) is 9.66. The van der Waals surface area contributed by atoms with E-state index in [1.807, 2.05) is 30.3 Å². The molecule has 0 saturated carbocycles. The number of benzene rings is 1. The molecular weight excluding hydrogens is 200 g/mol. The van der Waals surface area contributed by atoms with Crippen molar-refractivity contribution in [1.29, 1.82) is 0 Å². The Morgan fingerprint density at radius 3 is 2.50 bits per heavy atom. The minimum atomic E-state index is 0.128. The fourth-order valence-electron chi connectivity index (χ4n) is 1.57. The maximum Gasteiger partial charge on any atom is 0.227 e. The number of nitrogens with zero attached hydrogens (tertiary/aromatic N) is 1. The van der Waals surface area contributed by atoms with Gasteiger partial charge in [0.05, 0.1) is 0 Å². The molecule has 0 saturated heterocycles. The summed E-state index contributed by atoms with van der Waals surface area (Å²) in [5.74, 6) is 0.419. The van der Waals surface area contributed by atoms with Gasteiger partial charge in [-0.1, -0.05) is 31.5 Å². The number of hydrogen-bond donors (Lipinski definition) is 1. The first-order valence-electron chi connectivity index (χ1n) is 5.70. The monoisotopic (exact) mass is 220 g/mol. The van der Waals surface area contributed by atoms with Crippen LogP contribution in [0, 0.1) is 5.92 Å². The molecule has 0 bridgehead atoms.